The summed E-state index contributed by atoms with van der Waals surface area (Å²) in [6.45, 7) is 0.208. The molecular weight excluding hydrogens is 322 g/mol. The lowest BCUT2D eigenvalue weighted by Gasteiger charge is -2.29. The molecule has 1 saturated heterocycles. The van der Waals surface area contributed by atoms with Gasteiger partial charge in [0.2, 0.25) is 17.7 Å². The van der Waals surface area contributed by atoms with E-state index in [-0.39, 0.29) is 36.6 Å². The van der Waals surface area contributed by atoms with Gasteiger partial charge in [-0.2, -0.15) is 0 Å². The average molecular weight is 336 g/mol. The van der Waals surface area contributed by atoms with E-state index in [4.69, 9.17) is 11.6 Å². The van der Waals surface area contributed by atoms with E-state index in [1.165, 1.54) is 4.90 Å². The van der Waals surface area contributed by atoms with Gasteiger partial charge in [-0.05, 0) is 18.6 Å². The number of benzene rings is 1. The van der Waals surface area contributed by atoms with Crippen molar-refractivity contribution >= 4 is 40.9 Å². The molecule has 0 aromatic heterocycles. The molecule has 0 spiro atoms. The van der Waals surface area contributed by atoms with E-state index in [9.17, 15) is 19.2 Å². The van der Waals surface area contributed by atoms with Crippen LogP contribution in [0, 0.1) is 0 Å². The van der Waals surface area contributed by atoms with Crippen LogP contribution in [0.1, 0.15) is 28.8 Å². The number of halogens is 1. The van der Waals surface area contributed by atoms with Crippen LogP contribution in [0.3, 0.4) is 0 Å². The monoisotopic (exact) mass is 335 g/mol. The Labute approximate surface area is 137 Å². The highest BCUT2D eigenvalue weighted by atomic mass is 35.5. The molecule has 1 fully saturated rings. The number of nitrogens with one attached hydrogen (secondary N) is 2. The van der Waals surface area contributed by atoms with Crippen molar-refractivity contribution < 1.29 is 19.2 Å². The van der Waals surface area contributed by atoms with Gasteiger partial charge in [-0.25, -0.2) is 0 Å². The molecule has 7 nitrogen and oxygen atoms in total. The number of anilines is 1. The topological polar surface area (TPSA) is 95.6 Å². The van der Waals surface area contributed by atoms with Crippen LogP contribution in [0.15, 0.2) is 18.2 Å². The second kappa shape index (κ2) is 6.00. The van der Waals surface area contributed by atoms with Gasteiger partial charge in [0, 0.05) is 29.8 Å². The maximum absolute atomic E-state index is 12.6. The fraction of sp³-hybridized carbons (Fsp3) is 0.333. The van der Waals surface area contributed by atoms with Crippen molar-refractivity contribution in [1.82, 2.24) is 10.2 Å². The second-order valence-corrected chi connectivity index (χ2v) is 5.68. The van der Waals surface area contributed by atoms with Gasteiger partial charge in [-0.3, -0.25) is 24.5 Å². The summed E-state index contributed by atoms with van der Waals surface area (Å²) in [6.07, 6.45) is 0.500. The highest BCUT2D eigenvalue weighted by Gasteiger charge is 2.39. The molecule has 1 unspecified atom stereocenters. The number of hydrogen-bond acceptors (Lipinski definition) is 4. The van der Waals surface area contributed by atoms with E-state index >= 15 is 0 Å². The zero-order valence-electron chi connectivity index (χ0n) is 12.1. The van der Waals surface area contributed by atoms with Crippen LogP contribution in [0.5, 0.6) is 0 Å². The van der Waals surface area contributed by atoms with Gasteiger partial charge >= 0.3 is 0 Å². The highest BCUT2D eigenvalue weighted by Crippen LogP contribution is 2.32. The number of nitrogens with zero attached hydrogens (tertiary/aromatic N) is 1. The third-order valence-corrected chi connectivity index (χ3v) is 4.22. The minimum absolute atomic E-state index is 0.186. The zero-order valence-corrected chi connectivity index (χ0v) is 12.9. The molecule has 1 aromatic rings. The lowest BCUT2D eigenvalue weighted by molar-refractivity contribution is -0.137. The van der Waals surface area contributed by atoms with Crippen LogP contribution >= 0.6 is 11.6 Å². The number of rotatable bonds is 3. The molecule has 3 rings (SSSR count). The fourth-order valence-corrected chi connectivity index (χ4v) is 2.95. The molecule has 4 amide bonds. The number of alkyl halides is 1. The summed E-state index contributed by atoms with van der Waals surface area (Å²) in [5.41, 5.74) is 1.61. The van der Waals surface area contributed by atoms with Crippen LogP contribution in [0.2, 0.25) is 0 Å². The molecule has 1 atom stereocenters. The zero-order chi connectivity index (χ0) is 16.6. The lowest BCUT2D eigenvalue weighted by atomic mass is 10.0. The lowest BCUT2D eigenvalue weighted by Crippen LogP contribution is -2.52. The summed E-state index contributed by atoms with van der Waals surface area (Å²) in [4.78, 5) is 48.7. The number of carbonyl (C=O) groups excluding carboxylic acids is 4. The smallest absolute Gasteiger partial charge is 0.255 e. The van der Waals surface area contributed by atoms with Crippen molar-refractivity contribution in [3.8, 4) is 0 Å². The van der Waals surface area contributed by atoms with E-state index in [2.05, 4.69) is 10.6 Å². The van der Waals surface area contributed by atoms with Gasteiger partial charge in [0.1, 0.15) is 11.9 Å². The molecule has 120 valence electrons. The van der Waals surface area contributed by atoms with E-state index in [0.29, 0.717) is 23.2 Å². The molecule has 0 radical (unpaired) electrons. The normalized spacial score (nSPS) is 20.3. The number of hydrogen-bond donors (Lipinski definition) is 2. The standard InChI is InChI=1S/C15H14ClN3O4/c16-6-13(21)17-10-3-1-2-8-9(10)7-19(15(8)23)11-4-5-12(20)18-14(11)22/h1-3,11H,4-7H2,(H,17,21)(H,18,20,22). The van der Waals surface area contributed by atoms with Gasteiger partial charge < -0.3 is 10.2 Å². The molecule has 8 heteroatoms. The number of fused-ring (bicyclic) bond motifs is 1. The van der Waals surface area contributed by atoms with Gasteiger partial charge in [0.05, 0.1) is 0 Å². The molecule has 0 saturated carbocycles. The Kier molecular flexibility index (Phi) is 4.04. The third-order valence-electron chi connectivity index (χ3n) is 3.98. The molecule has 2 aliphatic rings. The first-order valence-corrected chi connectivity index (χ1v) is 7.67. The number of piperidine rings is 1. The Balaban J connectivity index is 1.87. The Morgan fingerprint density at radius 3 is 2.83 bits per heavy atom. The van der Waals surface area contributed by atoms with Crippen molar-refractivity contribution in [3.63, 3.8) is 0 Å². The maximum atomic E-state index is 12.6. The van der Waals surface area contributed by atoms with E-state index in [1.807, 2.05) is 0 Å². The van der Waals surface area contributed by atoms with Crippen LogP contribution in [-0.4, -0.2) is 40.5 Å². The Bertz CT molecular complexity index is 719. The number of carbonyl (C=O) groups is 4. The van der Waals surface area contributed by atoms with Crippen LogP contribution in [0.4, 0.5) is 5.69 Å². The summed E-state index contributed by atoms with van der Waals surface area (Å²) in [5, 5.41) is 4.90. The molecule has 23 heavy (non-hydrogen) atoms. The predicted molar refractivity (Wildman–Crippen MR) is 81.8 cm³/mol. The molecule has 0 bridgehead atoms. The molecular formula is C15H14ClN3O4. The Morgan fingerprint density at radius 2 is 2.13 bits per heavy atom. The summed E-state index contributed by atoms with van der Waals surface area (Å²) >= 11 is 5.49. The summed E-state index contributed by atoms with van der Waals surface area (Å²) < 4.78 is 0. The minimum Gasteiger partial charge on any atom is -0.325 e. The fourth-order valence-electron chi connectivity index (χ4n) is 2.89. The molecule has 2 N–H and O–H groups in total. The predicted octanol–water partition coefficient (Wildman–Crippen LogP) is 0.625. The van der Waals surface area contributed by atoms with E-state index < -0.39 is 11.9 Å². The maximum Gasteiger partial charge on any atom is 0.255 e. The third kappa shape index (κ3) is 2.79. The minimum atomic E-state index is -0.677. The number of amides is 4. The average Bonchev–Trinajstić information content (AvgIpc) is 2.86. The quantitative estimate of drug-likeness (QED) is 0.625. The molecule has 2 aliphatic heterocycles. The van der Waals surface area contributed by atoms with Gasteiger partial charge in [-0.15, -0.1) is 11.6 Å². The first-order chi connectivity index (χ1) is 11.0. The van der Waals surface area contributed by atoms with Crippen molar-refractivity contribution in [2.45, 2.75) is 25.4 Å². The summed E-state index contributed by atoms with van der Waals surface area (Å²) in [7, 11) is 0. The largest absolute Gasteiger partial charge is 0.325 e. The Morgan fingerprint density at radius 1 is 1.35 bits per heavy atom. The SMILES string of the molecule is O=C1CCC(N2Cc3c(NC(=O)CCl)cccc3C2=O)C(=O)N1. The molecule has 0 aliphatic carbocycles. The van der Waals surface area contributed by atoms with Crippen LogP contribution in [0.25, 0.3) is 0 Å². The van der Waals surface area contributed by atoms with Gasteiger partial charge in [0.25, 0.3) is 5.91 Å². The first-order valence-electron chi connectivity index (χ1n) is 7.13. The summed E-state index contributed by atoms with van der Waals surface area (Å²) in [6, 6.07) is 4.32. The second-order valence-electron chi connectivity index (χ2n) is 5.41. The van der Waals surface area contributed by atoms with Crippen molar-refractivity contribution in [2.75, 3.05) is 11.2 Å². The van der Waals surface area contributed by atoms with Gasteiger partial charge in [-0.1, -0.05) is 6.07 Å². The van der Waals surface area contributed by atoms with Gasteiger partial charge in [0.15, 0.2) is 0 Å². The Hall–Kier alpha value is -2.41. The van der Waals surface area contributed by atoms with Crippen molar-refractivity contribution in [2.24, 2.45) is 0 Å². The van der Waals surface area contributed by atoms with Crippen LogP contribution < -0.4 is 10.6 Å². The van der Waals surface area contributed by atoms with Crippen LogP contribution in [-0.2, 0) is 20.9 Å². The first kappa shape index (κ1) is 15.5. The van der Waals surface area contributed by atoms with Crippen molar-refractivity contribution in [1.29, 1.82) is 0 Å². The van der Waals surface area contributed by atoms with E-state index in [0.717, 1.165) is 0 Å². The highest BCUT2D eigenvalue weighted by molar-refractivity contribution is 6.29. The molecule has 2 heterocycles. The van der Waals surface area contributed by atoms with E-state index in [1.54, 1.807) is 18.2 Å². The molecule has 1 aromatic carbocycles. The number of imide groups is 1. The summed E-state index contributed by atoms with van der Waals surface area (Å²) in [5.74, 6) is -1.63. The van der Waals surface area contributed by atoms with Crippen molar-refractivity contribution in [3.05, 3.63) is 29.3 Å².